The Hall–Kier alpha value is -0.350. The molecule has 0 spiro atoms. The number of thioether (sulfide) groups is 1. The minimum Gasteiger partial charge on any atom is -0.298 e. The Morgan fingerprint density at radius 3 is 2.86 bits per heavy atom. The van der Waals surface area contributed by atoms with Crippen LogP contribution in [-0.4, -0.2) is 17.4 Å². The predicted octanol–water partition coefficient (Wildman–Crippen LogP) is 3.05. The summed E-state index contributed by atoms with van der Waals surface area (Å²) in [5, 5.41) is 0.317. The van der Waals surface area contributed by atoms with E-state index in [-0.39, 0.29) is 11.6 Å². The van der Waals surface area contributed by atoms with Crippen LogP contribution in [0, 0.1) is 5.82 Å². The van der Waals surface area contributed by atoms with Gasteiger partial charge in [-0.15, -0.1) is 11.8 Å². The number of benzene rings is 1. The lowest BCUT2D eigenvalue weighted by Gasteiger charge is -2.06. The van der Waals surface area contributed by atoms with E-state index < -0.39 is 0 Å². The van der Waals surface area contributed by atoms with Crippen LogP contribution in [-0.2, 0) is 11.2 Å². The second-order valence-electron chi connectivity index (χ2n) is 2.78. The van der Waals surface area contributed by atoms with E-state index in [1.807, 2.05) is 0 Å². The SMILES string of the molecule is CSc1c(F)cccc1CC(=O)CBr. The summed E-state index contributed by atoms with van der Waals surface area (Å²) in [6, 6.07) is 4.83. The Labute approximate surface area is 95.2 Å². The van der Waals surface area contributed by atoms with E-state index in [0.29, 0.717) is 16.6 Å². The molecule has 0 saturated carbocycles. The molecular formula is C10H10BrFOS. The van der Waals surface area contributed by atoms with Crippen molar-refractivity contribution in [1.29, 1.82) is 0 Å². The molecule has 1 aromatic carbocycles. The largest absolute Gasteiger partial charge is 0.298 e. The van der Waals surface area contributed by atoms with Gasteiger partial charge in [-0.25, -0.2) is 4.39 Å². The zero-order chi connectivity index (χ0) is 10.6. The molecule has 4 heteroatoms. The fourth-order valence-electron chi connectivity index (χ4n) is 1.18. The molecule has 0 atom stereocenters. The molecular weight excluding hydrogens is 267 g/mol. The van der Waals surface area contributed by atoms with Gasteiger partial charge in [0.1, 0.15) is 11.6 Å². The zero-order valence-electron chi connectivity index (χ0n) is 7.72. The monoisotopic (exact) mass is 276 g/mol. The number of Topliss-reactive ketones (excluding diaryl/α,β-unsaturated/α-hetero) is 1. The van der Waals surface area contributed by atoms with E-state index in [4.69, 9.17) is 0 Å². The van der Waals surface area contributed by atoms with Crippen LogP contribution in [0.4, 0.5) is 4.39 Å². The molecule has 0 amide bonds. The van der Waals surface area contributed by atoms with Gasteiger partial charge in [-0.05, 0) is 17.9 Å². The van der Waals surface area contributed by atoms with Crippen molar-refractivity contribution in [2.45, 2.75) is 11.3 Å². The summed E-state index contributed by atoms with van der Waals surface area (Å²) < 4.78 is 13.3. The van der Waals surface area contributed by atoms with E-state index in [2.05, 4.69) is 15.9 Å². The second kappa shape index (κ2) is 5.51. The maximum atomic E-state index is 13.3. The summed E-state index contributed by atoms with van der Waals surface area (Å²) in [4.78, 5) is 11.8. The van der Waals surface area contributed by atoms with Crippen LogP contribution in [0.5, 0.6) is 0 Å². The first kappa shape index (κ1) is 11.7. The van der Waals surface area contributed by atoms with Gasteiger partial charge in [0.25, 0.3) is 0 Å². The first-order valence-electron chi connectivity index (χ1n) is 4.08. The summed E-state index contributed by atoms with van der Waals surface area (Å²) in [6.45, 7) is 0. The van der Waals surface area contributed by atoms with Gasteiger partial charge in [-0.2, -0.15) is 0 Å². The van der Waals surface area contributed by atoms with Gasteiger partial charge in [-0.3, -0.25) is 4.79 Å². The lowest BCUT2D eigenvalue weighted by molar-refractivity contribution is -0.115. The molecule has 0 aliphatic heterocycles. The molecule has 1 aromatic rings. The number of hydrogen-bond donors (Lipinski definition) is 0. The summed E-state index contributed by atoms with van der Waals surface area (Å²) >= 11 is 4.42. The molecule has 0 N–H and O–H groups in total. The molecule has 0 fully saturated rings. The molecule has 0 aliphatic carbocycles. The van der Waals surface area contributed by atoms with Crippen molar-refractivity contribution in [2.24, 2.45) is 0 Å². The fraction of sp³-hybridized carbons (Fsp3) is 0.300. The summed E-state index contributed by atoms with van der Waals surface area (Å²) in [5.41, 5.74) is 0.766. The molecule has 76 valence electrons. The normalized spacial score (nSPS) is 10.2. The molecule has 0 bridgehead atoms. The minimum atomic E-state index is -0.252. The highest BCUT2D eigenvalue weighted by Crippen LogP contribution is 2.24. The molecule has 14 heavy (non-hydrogen) atoms. The van der Waals surface area contributed by atoms with Crippen LogP contribution in [0.2, 0.25) is 0 Å². The Kier molecular flexibility index (Phi) is 4.62. The number of hydrogen-bond acceptors (Lipinski definition) is 2. The molecule has 0 radical (unpaired) electrons. The van der Waals surface area contributed by atoms with Gasteiger partial charge in [0.05, 0.1) is 5.33 Å². The third-order valence-corrected chi connectivity index (χ3v) is 3.28. The lowest BCUT2D eigenvalue weighted by Crippen LogP contribution is -2.05. The number of rotatable bonds is 4. The third-order valence-electron chi connectivity index (χ3n) is 1.79. The molecule has 0 unspecified atom stereocenters. The third kappa shape index (κ3) is 2.82. The molecule has 0 saturated heterocycles. The van der Waals surface area contributed by atoms with Crippen molar-refractivity contribution in [1.82, 2.24) is 0 Å². The summed E-state index contributed by atoms with van der Waals surface area (Å²) in [6.07, 6.45) is 2.10. The van der Waals surface area contributed by atoms with Crippen LogP contribution >= 0.6 is 27.7 Å². The van der Waals surface area contributed by atoms with Crippen LogP contribution in [0.3, 0.4) is 0 Å². The highest BCUT2D eigenvalue weighted by Gasteiger charge is 2.09. The number of carbonyl (C=O) groups is 1. The quantitative estimate of drug-likeness (QED) is 0.621. The number of halogens is 2. The van der Waals surface area contributed by atoms with Crippen molar-refractivity contribution < 1.29 is 9.18 Å². The average molecular weight is 277 g/mol. The van der Waals surface area contributed by atoms with Gasteiger partial charge in [0.2, 0.25) is 0 Å². The van der Waals surface area contributed by atoms with Gasteiger partial charge in [0, 0.05) is 11.3 Å². The maximum absolute atomic E-state index is 13.3. The molecule has 0 aliphatic rings. The van der Waals surface area contributed by atoms with Crippen molar-refractivity contribution in [3.8, 4) is 0 Å². The average Bonchev–Trinajstić information content (AvgIpc) is 2.18. The molecule has 0 heterocycles. The van der Waals surface area contributed by atoms with Crippen molar-refractivity contribution in [2.75, 3.05) is 11.6 Å². The van der Waals surface area contributed by atoms with Crippen LogP contribution < -0.4 is 0 Å². The zero-order valence-corrected chi connectivity index (χ0v) is 10.1. The fourth-order valence-corrected chi connectivity index (χ4v) is 2.04. The van der Waals surface area contributed by atoms with E-state index in [9.17, 15) is 9.18 Å². The number of ketones is 1. The van der Waals surface area contributed by atoms with Gasteiger partial charge in [0.15, 0.2) is 0 Å². The Balaban J connectivity index is 2.96. The van der Waals surface area contributed by atoms with Crippen molar-refractivity contribution >= 4 is 33.5 Å². The van der Waals surface area contributed by atoms with E-state index in [1.54, 1.807) is 18.4 Å². The van der Waals surface area contributed by atoms with Crippen LogP contribution in [0.25, 0.3) is 0 Å². The van der Waals surface area contributed by atoms with Crippen molar-refractivity contribution in [3.05, 3.63) is 29.6 Å². The van der Waals surface area contributed by atoms with Crippen LogP contribution in [0.15, 0.2) is 23.1 Å². The number of alkyl halides is 1. The van der Waals surface area contributed by atoms with Gasteiger partial charge < -0.3 is 0 Å². The highest BCUT2D eigenvalue weighted by molar-refractivity contribution is 9.09. The Morgan fingerprint density at radius 2 is 2.29 bits per heavy atom. The smallest absolute Gasteiger partial charge is 0.147 e. The first-order valence-corrected chi connectivity index (χ1v) is 6.42. The molecule has 0 aromatic heterocycles. The minimum absolute atomic E-state index is 0.0610. The van der Waals surface area contributed by atoms with Gasteiger partial charge >= 0.3 is 0 Å². The van der Waals surface area contributed by atoms with E-state index in [1.165, 1.54) is 17.8 Å². The molecule has 1 nitrogen and oxygen atoms in total. The second-order valence-corrected chi connectivity index (χ2v) is 4.16. The predicted molar refractivity (Wildman–Crippen MR) is 60.7 cm³/mol. The lowest BCUT2D eigenvalue weighted by atomic mass is 10.1. The van der Waals surface area contributed by atoms with E-state index >= 15 is 0 Å². The summed E-state index contributed by atoms with van der Waals surface area (Å²) in [7, 11) is 0. The highest BCUT2D eigenvalue weighted by atomic mass is 79.9. The Bertz CT molecular complexity index is 341. The molecule has 1 rings (SSSR count). The van der Waals surface area contributed by atoms with Crippen LogP contribution in [0.1, 0.15) is 5.56 Å². The van der Waals surface area contributed by atoms with Gasteiger partial charge in [-0.1, -0.05) is 28.1 Å². The van der Waals surface area contributed by atoms with E-state index in [0.717, 1.165) is 5.56 Å². The Morgan fingerprint density at radius 1 is 1.57 bits per heavy atom. The maximum Gasteiger partial charge on any atom is 0.147 e. The topological polar surface area (TPSA) is 17.1 Å². The standard InChI is InChI=1S/C10H10BrFOS/c1-14-10-7(5-8(13)6-11)3-2-4-9(10)12/h2-4H,5-6H2,1H3. The summed E-state index contributed by atoms with van der Waals surface area (Å²) in [5.74, 6) is -0.191. The number of carbonyl (C=O) groups excluding carboxylic acids is 1. The van der Waals surface area contributed by atoms with Crippen molar-refractivity contribution in [3.63, 3.8) is 0 Å². The first-order chi connectivity index (χ1) is 6.69.